The van der Waals surface area contributed by atoms with E-state index in [9.17, 15) is 5.11 Å². The highest BCUT2D eigenvalue weighted by Gasteiger charge is 2.26. The van der Waals surface area contributed by atoms with Crippen molar-refractivity contribution in [2.24, 2.45) is 0 Å². The van der Waals surface area contributed by atoms with E-state index in [0.717, 1.165) is 31.5 Å². The molecule has 2 N–H and O–H groups in total. The fraction of sp³-hybridized carbons (Fsp3) is 0.474. The lowest BCUT2D eigenvalue weighted by atomic mass is 9.97. The predicted molar refractivity (Wildman–Crippen MR) is 97.7 cm³/mol. The number of hydrogen-bond acceptors (Lipinski definition) is 5. The maximum absolute atomic E-state index is 10.6. The average Bonchev–Trinajstić information content (AvgIpc) is 3.16. The number of thiophene rings is 1. The molecule has 1 aromatic heterocycles. The molecule has 1 saturated heterocycles. The fourth-order valence-corrected chi connectivity index (χ4v) is 3.73. The Labute approximate surface area is 148 Å². The molecule has 0 aliphatic carbocycles. The summed E-state index contributed by atoms with van der Waals surface area (Å²) in [6.45, 7) is 4.93. The summed E-state index contributed by atoms with van der Waals surface area (Å²) in [5.74, 6) is 0. The molecule has 1 atom stereocenters. The highest BCUT2D eigenvalue weighted by molar-refractivity contribution is 7.08. The highest BCUT2D eigenvalue weighted by Crippen LogP contribution is 2.23. The van der Waals surface area contributed by atoms with Crippen molar-refractivity contribution < 1.29 is 9.94 Å². The maximum Gasteiger partial charge on any atom is 0.1000 e. The second-order valence-corrected chi connectivity index (χ2v) is 7.41. The molecule has 2 aromatic rings. The number of aliphatic hydroxyl groups is 1. The molecule has 24 heavy (non-hydrogen) atoms. The van der Waals surface area contributed by atoms with Crippen LogP contribution in [0.15, 0.2) is 47.2 Å². The van der Waals surface area contributed by atoms with Gasteiger partial charge in [0.2, 0.25) is 0 Å². The highest BCUT2D eigenvalue weighted by atomic mass is 32.1. The van der Waals surface area contributed by atoms with E-state index in [1.54, 1.807) is 11.3 Å². The first-order valence-corrected chi connectivity index (χ1v) is 9.48. The largest absolute Gasteiger partial charge is 0.384 e. The zero-order valence-corrected chi connectivity index (χ0v) is 15.0. The van der Waals surface area contributed by atoms with E-state index in [1.165, 1.54) is 5.56 Å². The van der Waals surface area contributed by atoms with Crippen molar-refractivity contribution in [3.63, 3.8) is 0 Å². The molecule has 1 aliphatic heterocycles. The summed E-state index contributed by atoms with van der Waals surface area (Å²) < 4.78 is 0. The van der Waals surface area contributed by atoms with E-state index in [2.05, 4.69) is 22.5 Å². The number of rotatable bonds is 7. The van der Waals surface area contributed by atoms with Crippen LogP contribution in [0.25, 0.3) is 0 Å². The molecule has 1 aromatic carbocycles. The van der Waals surface area contributed by atoms with Gasteiger partial charge >= 0.3 is 0 Å². The Hall–Kier alpha value is -1.24. The average molecular weight is 346 g/mol. The van der Waals surface area contributed by atoms with Gasteiger partial charge in [-0.05, 0) is 47.7 Å². The smallest absolute Gasteiger partial charge is 0.1000 e. The molecule has 0 spiro atoms. The van der Waals surface area contributed by atoms with Crippen molar-refractivity contribution in [1.82, 2.24) is 10.4 Å². The maximum atomic E-state index is 10.6. The van der Waals surface area contributed by atoms with Crippen molar-refractivity contribution in [1.29, 1.82) is 0 Å². The van der Waals surface area contributed by atoms with E-state index in [0.29, 0.717) is 19.2 Å². The minimum absolute atomic E-state index is 0.437. The monoisotopic (exact) mass is 346 g/mol. The Morgan fingerprint density at radius 3 is 2.67 bits per heavy atom. The van der Waals surface area contributed by atoms with Gasteiger partial charge in [-0.25, -0.2) is 0 Å². The molecular weight excluding hydrogens is 320 g/mol. The number of benzene rings is 1. The van der Waals surface area contributed by atoms with Gasteiger partial charge in [-0.2, -0.15) is 16.4 Å². The summed E-state index contributed by atoms with van der Waals surface area (Å²) in [7, 11) is 0. The molecule has 1 fully saturated rings. The summed E-state index contributed by atoms with van der Waals surface area (Å²) in [5.41, 5.74) is 1.38. The summed E-state index contributed by atoms with van der Waals surface area (Å²) in [5, 5.41) is 20.2. The van der Waals surface area contributed by atoms with Crippen LogP contribution in [0.3, 0.4) is 0 Å². The van der Waals surface area contributed by atoms with Gasteiger partial charge in [-0.3, -0.25) is 4.84 Å². The van der Waals surface area contributed by atoms with Crippen LogP contribution < -0.4 is 5.32 Å². The SMILES string of the molecule is C[C@](O)(CNC1CCN(OCc2ccccc2)CC1)c1ccsc1. The Bertz CT molecular complexity index is 593. The number of hydrogen-bond donors (Lipinski definition) is 2. The van der Waals surface area contributed by atoms with Gasteiger partial charge in [0.25, 0.3) is 0 Å². The number of nitrogens with one attached hydrogen (secondary N) is 1. The second kappa shape index (κ2) is 8.23. The predicted octanol–water partition coefficient (Wildman–Crippen LogP) is 3.14. The van der Waals surface area contributed by atoms with Crippen molar-refractivity contribution in [3.8, 4) is 0 Å². The normalized spacial score (nSPS) is 19.2. The van der Waals surface area contributed by atoms with Gasteiger partial charge in [-0.1, -0.05) is 30.3 Å². The van der Waals surface area contributed by atoms with Gasteiger partial charge in [-0.15, -0.1) is 0 Å². The van der Waals surface area contributed by atoms with Crippen molar-refractivity contribution in [2.45, 2.75) is 38.0 Å². The lowest BCUT2D eigenvalue weighted by molar-refractivity contribution is -0.181. The summed E-state index contributed by atoms with van der Waals surface area (Å²) in [6, 6.07) is 12.7. The van der Waals surface area contributed by atoms with Crippen LogP contribution in [0, 0.1) is 0 Å². The van der Waals surface area contributed by atoms with Crippen LogP contribution in [-0.2, 0) is 17.0 Å². The molecule has 0 saturated carbocycles. The van der Waals surface area contributed by atoms with E-state index in [-0.39, 0.29) is 0 Å². The number of nitrogens with zero attached hydrogens (tertiary/aromatic N) is 1. The first-order valence-electron chi connectivity index (χ1n) is 8.54. The third-order valence-corrected chi connectivity index (χ3v) is 5.27. The first kappa shape index (κ1) is 17.6. The van der Waals surface area contributed by atoms with Crippen LogP contribution in [0.4, 0.5) is 0 Å². The molecular formula is C19H26N2O2S. The Morgan fingerprint density at radius 2 is 2.00 bits per heavy atom. The number of hydroxylamine groups is 2. The first-order chi connectivity index (χ1) is 11.6. The Balaban J connectivity index is 1.38. The van der Waals surface area contributed by atoms with E-state index in [1.807, 2.05) is 41.9 Å². The molecule has 0 radical (unpaired) electrons. The van der Waals surface area contributed by atoms with Crippen LogP contribution >= 0.6 is 11.3 Å². The van der Waals surface area contributed by atoms with E-state index < -0.39 is 5.60 Å². The third kappa shape index (κ3) is 4.88. The summed E-state index contributed by atoms with van der Waals surface area (Å²) >= 11 is 1.62. The van der Waals surface area contributed by atoms with Gasteiger partial charge in [0.05, 0.1) is 12.2 Å². The van der Waals surface area contributed by atoms with E-state index in [4.69, 9.17) is 4.84 Å². The topological polar surface area (TPSA) is 44.7 Å². The molecule has 0 amide bonds. The van der Waals surface area contributed by atoms with E-state index >= 15 is 0 Å². The summed E-state index contributed by atoms with van der Waals surface area (Å²) in [4.78, 5) is 5.88. The van der Waals surface area contributed by atoms with Gasteiger partial charge < -0.3 is 10.4 Å². The van der Waals surface area contributed by atoms with Crippen molar-refractivity contribution in [2.75, 3.05) is 19.6 Å². The standard InChI is InChI=1S/C19H26N2O2S/c1-19(22,17-9-12-24-14-17)15-20-18-7-10-21(11-8-18)23-13-16-5-3-2-4-6-16/h2-6,9,12,14,18,20,22H,7-8,10-11,13,15H2,1H3/t19-/m0/s1. The second-order valence-electron chi connectivity index (χ2n) is 6.63. The van der Waals surface area contributed by atoms with Crippen LogP contribution in [0.2, 0.25) is 0 Å². The molecule has 130 valence electrons. The molecule has 4 nitrogen and oxygen atoms in total. The van der Waals surface area contributed by atoms with Gasteiger partial charge in [0.15, 0.2) is 0 Å². The minimum Gasteiger partial charge on any atom is -0.384 e. The number of piperidine rings is 1. The quantitative estimate of drug-likeness (QED) is 0.808. The van der Waals surface area contributed by atoms with Crippen LogP contribution in [-0.4, -0.2) is 35.8 Å². The van der Waals surface area contributed by atoms with Gasteiger partial charge in [0, 0.05) is 25.7 Å². The van der Waals surface area contributed by atoms with Crippen molar-refractivity contribution >= 4 is 11.3 Å². The Morgan fingerprint density at radius 1 is 1.25 bits per heavy atom. The van der Waals surface area contributed by atoms with Gasteiger partial charge in [0.1, 0.15) is 0 Å². The molecule has 3 rings (SSSR count). The molecule has 5 heteroatoms. The zero-order valence-electron chi connectivity index (χ0n) is 14.1. The van der Waals surface area contributed by atoms with Crippen LogP contribution in [0.5, 0.6) is 0 Å². The molecule has 0 unspecified atom stereocenters. The molecule has 1 aliphatic rings. The lowest BCUT2D eigenvalue weighted by Gasteiger charge is -2.33. The lowest BCUT2D eigenvalue weighted by Crippen LogP contribution is -2.46. The van der Waals surface area contributed by atoms with Crippen molar-refractivity contribution in [3.05, 3.63) is 58.3 Å². The minimum atomic E-state index is -0.805. The zero-order chi connectivity index (χ0) is 16.8. The molecule has 0 bridgehead atoms. The Kier molecular flexibility index (Phi) is 6.03. The molecule has 2 heterocycles. The summed E-state index contributed by atoms with van der Waals surface area (Å²) in [6.07, 6.45) is 2.07. The third-order valence-electron chi connectivity index (χ3n) is 4.59. The van der Waals surface area contributed by atoms with Crippen LogP contribution in [0.1, 0.15) is 30.9 Å². The fourth-order valence-electron chi connectivity index (χ4n) is 2.95.